The maximum Gasteiger partial charge on any atom is 0.314 e. The second-order valence-electron chi connectivity index (χ2n) is 4.16. The molecule has 3 aromatic rings. The standard InChI is InChI=1S/C11H9N7O3/c12-11-16-7(17-18-11)8(19)13-4-1-2-5-6(3-4)15-10(21)9(20)14-5/h1-3H,(H,13,19)(H,14,20)(H,15,21)(H3,12,16,17,18). The Hall–Kier alpha value is -3.43. The van der Waals surface area contributed by atoms with E-state index >= 15 is 0 Å². The number of aromatic nitrogens is 5. The zero-order valence-electron chi connectivity index (χ0n) is 10.4. The molecule has 10 nitrogen and oxygen atoms in total. The first-order valence-corrected chi connectivity index (χ1v) is 5.78. The molecule has 1 aromatic carbocycles. The molecule has 106 valence electrons. The lowest BCUT2D eigenvalue weighted by Crippen LogP contribution is -2.28. The largest absolute Gasteiger partial charge is 0.366 e. The summed E-state index contributed by atoms with van der Waals surface area (Å²) in [5.41, 5.74) is 5.04. The highest BCUT2D eigenvalue weighted by Crippen LogP contribution is 2.14. The van der Waals surface area contributed by atoms with E-state index < -0.39 is 17.0 Å². The van der Waals surface area contributed by atoms with E-state index in [2.05, 4.69) is 30.5 Å². The number of carbonyl (C=O) groups excluding carboxylic acids is 1. The Labute approximate surface area is 115 Å². The van der Waals surface area contributed by atoms with Gasteiger partial charge in [-0.2, -0.15) is 4.98 Å². The zero-order valence-corrected chi connectivity index (χ0v) is 10.4. The number of nitrogens with two attached hydrogens (primary N) is 1. The summed E-state index contributed by atoms with van der Waals surface area (Å²) in [5.74, 6) is -0.617. The van der Waals surface area contributed by atoms with Crippen molar-refractivity contribution in [2.75, 3.05) is 11.1 Å². The van der Waals surface area contributed by atoms with Crippen molar-refractivity contribution < 1.29 is 4.79 Å². The van der Waals surface area contributed by atoms with E-state index in [-0.39, 0.29) is 11.8 Å². The third-order valence-corrected chi connectivity index (χ3v) is 2.70. The lowest BCUT2D eigenvalue weighted by molar-refractivity contribution is 0.101. The number of nitrogen functional groups attached to an aromatic ring is 1. The summed E-state index contributed by atoms with van der Waals surface area (Å²) in [5, 5.41) is 8.48. The molecule has 0 fully saturated rings. The fourth-order valence-electron chi connectivity index (χ4n) is 1.76. The molecule has 0 radical (unpaired) electrons. The van der Waals surface area contributed by atoms with Crippen molar-refractivity contribution in [1.29, 1.82) is 0 Å². The first-order valence-electron chi connectivity index (χ1n) is 5.78. The van der Waals surface area contributed by atoms with Gasteiger partial charge in [0.25, 0.3) is 5.91 Å². The molecule has 2 aromatic heterocycles. The monoisotopic (exact) mass is 287 g/mol. The molecule has 0 aliphatic heterocycles. The van der Waals surface area contributed by atoms with Gasteiger partial charge < -0.3 is 21.0 Å². The Morgan fingerprint density at radius 2 is 1.86 bits per heavy atom. The first kappa shape index (κ1) is 12.6. The van der Waals surface area contributed by atoms with Gasteiger partial charge in [0.15, 0.2) is 0 Å². The molecule has 10 heteroatoms. The molecule has 21 heavy (non-hydrogen) atoms. The van der Waals surface area contributed by atoms with Gasteiger partial charge in [-0.25, -0.2) is 0 Å². The number of fused-ring (bicyclic) bond motifs is 1. The summed E-state index contributed by atoms with van der Waals surface area (Å²) in [6.45, 7) is 0. The van der Waals surface area contributed by atoms with Crippen LogP contribution >= 0.6 is 0 Å². The van der Waals surface area contributed by atoms with Crippen LogP contribution in [0, 0.1) is 0 Å². The van der Waals surface area contributed by atoms with E-state index in [1.165, 1.54) is 6.07 Å². The highest BCUT2D eigenvalue weighted by Gasteiger charge is 2.11. The molecule has 6 N–H and O–H groups in total. The van der Waals surface area contributed by atoms with Crippen molar-refractivity contribution in [3.05, 3.63) is 44.7 Å². The summed E-state index contributed by atoms with van der Waals surface area (Å²) >= 11 is 0. The van der Waals surface area contributed by atoms with Gasteiger partial charge in [0.1, 0.15) is 0 Å². The fourth-order valence-corrected chi connectivity index (χ4v) is 1.76. The highest BCUT2D eigenvalue weighted by molar-refractivity contribution is 6.02. The molecular weight excluding hydrogens is 278 g/mol. The SMILES string of the molecule is Nc1n[nH]c(C(=O)Nc2ccc3[nH]c(=O)c(=O)[nH]c3c2)n1. The molecule has 0 spiro atoms. The van der Waals surface area contributed by atoms with Gasteiger partial charge in [0.2, 0.25) is 11.8 Å². The van der Waals surface area contributed by atoms with Crippen molar-refractivity contribution in [2.45, 2.75) is 0 Å². The van der Waals surface area contributed by atoms with Crippen molar-refractivity contribution in [1.82, 2.24) is 25.1 Å². The van der Waals surface area contributed by atoms with Crippen LogP contribution in [0.15, 0.2) is 27.8 Å². The minimum atomic E-state index is -0.769. The third-order valence-electron chi connectivity index (χ3n) is 2.70. The lowest BCUT2D eigenvalue weighted by Gasteiger charge is -2.04. The predicted molar refractivity (Wildman–Crippen MR) is 73.9 cm³/mol. The van der Waals surface area contributed by atoms with Gasteiger partial charge in [-0.3, -0.25) is 19.5 Å². The molecule has 0 saturated heterocycles. The van der Waals surface area contributed by atoms with Gasteiger partial charge in [0, 0.05) is 5.69 Å². The average Bonchev–Trinajstić information content (AvgIpc) is 2.87. The van der Waals surface area contributed by atoms with E-state index in [9.17, 15) is 14.4 Å². The van der Waals surface area contributed by atoms with Crippen LogP contribution in [0.3, 0.4) is 0 Å². The Balaban J connectivity index is 1.94. The number of anilines is 2. The van der Waals surface area contributed by atoms with E-state index in [1.54, 1.807) is 12.1 Å². The second kappa shape index (κ2) is 4.59. The van der Waals surface area contributed by atoms with Gasteiger partial charge in [0.05, 0.1) is 11.0 Å². The number of nitrogens with one attached hydrogen (secondary N) is 4. The van der Waals surface area contributed by atoms with Crippen LogP contribution in [-0.4, -0.2) is 31.1 Å². The first-order chi connectivity index (χ1) is 10.0. The lowest BCUT2D eigenvalue weighted by atomic mass is 10.2. The fraction of sp³-hybridized carbons (Fsp3) is 0. The second-order valence-corrected chi connectivity index (χ2v) is 4.16. The van der Waals surface area contributed by atoms with Crippen LogP contribution in [0.5, 0.6) is 0 Å². The number of aromatic amines is 3. The predicted octanol–water partition coefficient (Wildman–Crippen LogP) is -0.831. The molecule has 0 aliphatic rings. The smallest absolute Gasteiger partial charge is 0.314 e. The summed E-state index contributed by atoms with van der Waals surface area (Å²) in [6.07, 6.45) is 0. The number of rotatable bonds is 2. The number of carbonyl (C=O) groups is 1. The van der Waals surface area contributed by atoms with Crippen molar-refractivity contribution >= 4 is 28.6 Å². The highest BCUT2D eigenvalue weighted by atomic mass is 16.2. The number of H-pyrrole nitrogens is 3. The number of amides is 1. The minimum Gasteiger partial charge on any atom is -0.366 e. The summed E-state index contributed by atoms with van der Waals surface area (Å²) in [7, 11) is 0. The maximum atomic E-state index is 11.9. The number of benzene rings is 1. The molecule has 1 amide bonds. The van der Waals surface area contributed by atoms with Crippen LogP contribution in [0.1, 0.15) is 10.6 Å². The Morgan fingerprint density at radius 1 is 1.14 bits per heavy atom. The van der Waals surface area contributed by atoms with Crippen LogP contribution in [0.4, 0.5) is 11.6 Å². The summed E-state index contributed by atoms with van der Waals surface area (Å²) in [4.78, 5) is 42.8. The molecule has 0 atom stereocenters. The average molecular weight is 287 g/mol. The summed E-state index contributed by atoms with van der Waals surface area (Å²) in [6, 6.07) is 4.62. The molecular formula is C11H9N7O3. The van der Waals surface area contributed by atoms with Crippen molar-refractivity contribution in [2.24, 2.45) is 0 Å². The zero-order chi connectivity index (χ0) is 15.0. The van der Waals surface area contributed by atoms with E-state index in [4.69, 9.17) is 5.73 Å². The van der Waals surface area contributed by atoms with Crippen LogP contribution in [0.25, 0.3) is 11.0 Å². The van der Waals surface area contributed by atoms with E-state index in [1.807, 2.05) is 0 Å². The van der Waals surface area contributed by atoms with Gasteiger partial charge in [-0.15, -0.1) is 5.10 Å². The van der Waals surface area contributed by atoms with E-state index in [0.29, 0.717) is 16.7 Å². The van der Waals surface area contributed by atoms with Crippen LogP contribution < -0.4 is 22.2 Å². The Morgan fingerprint density at radius 3 is 2.52 bits per heavy atom. The maximum absolute atomic E-state index is 11.9. The number of hydrogen-bond acceptors (Lipinski definition) is 6. The number of nitrogens with zero attached hydrogens (tertiary/aromatic N) is 2. The quantitative estimate of drug-likeness (QED) is 0.386. The normalized spacial score (nSPS) is 10.7. The van der Waals surface area contributed by atoms with Crippen molar-refractivity contribution in [3.8, 4) is 0 Å². The van der Waals surface area contributed by atoms with E-state index in [0.717, 1.165) is 0 Å². The minimum absolute atomic E-state index is 0.0393. The molecule has 2 heterocycles. The van der Waals surface area contributed by atoms with Crippen molar-refractivity contribution in [3.63, 3.8) is 0 Å². The van der Waals surface area contributed by atoms with Crippen LogP contribution in [0.2, 0.25) is 0 Å². The Bertz CT molecular complexity index is 952. The Kier molecular flexibility index (Phi) is 2.76. The van der Waals surface area contributed by atoms with Gasteiger partial charge >= 0.3 is 11.1 Å². The molecule has 3 rings (SSSR count). The van der Waals surface area contributed by atoms with Gasteiger partial charge in [-0.1, -0.05) is 0 Å². The van der Waals surface area contributed by atoms with Gasteiger partial charge in [-0.05, 0) is 18.2 Å². The molecule has 0 aliphatic carbocycles. The third kappa shape index (κ3) is 2.36. The summed E-state index contributed by atoms with van der Waals surface area (Å²) < 4.78 is 0. The van der Waals surface area contributed by atoms with Crippen LogP contribution in [-0.2, 0) is 0 Å². The molecule has 0 saturated carbocycles. The topological polar surface area (TPSA) is 162 Å². The number of hydrogen-bond donors (Lipinski definition) is 5. The molecule has 0 bridgehead atoms. The molecule has 0 unspecified atom stereocenters.